The Morgan fingerprint density at radius 3 is 2.44 bits per heavy atom. The zero-order valence-corrected chi connectivity index (χ0v) is 10.5. The molecule has 2 aliphatic carbocycles. The van der Waals surface area contributed by atoms with Crippen molar-refractivity contribution in [2.24, 2.45) is 11.3 Å². The Morgan fingerprint density at radius 2 is 1.94 bits per heavy atom. The van der Waals surface area contributed by atoms with E-state index >= 15 is 0 Å². The van der Waals surface area contributed by atoms with Crippen molar-refractivity contribution < 1.29 is 9.59 Å². The first-order valence-corrected chi connectivity index (χ1v) is 6.57. The topological polar surface area (TPSA) is 46.2 Å². The molecular formula is C15H17NO2. The van der Waals surface area contributed by atoms with E-state index < -0.39 is 0 Å². The normalized spacial score (nSPS) is 29.1. The van der Waals surface area contributed by atoms with E-state index in [-0.39, 0.29) is 23.1 Å². The fourth-order valence-corrected chi connectivity index (χ4v) is 2.53. The predicted molar refractivity (Wildman–Crippen MR) is 68.2 cm³/mol. The van der Waals surface area contributed by atoms with E-state index in [1.165, 1.54) is 0 Å². The van der Waals surface area contributed by atoms with Gasteiger partial charge in [-0.2, -0.15) is 0 Å². The lowest BCUT2D eigenvalue weighted by Crippen LogP contribution is -2.42. The Morgan fingerprint density at radius 1 is 1.33 bits per heavy atom. The number of Topliss-reactive ketones (excluding diaryl/α,β-unsaturated/α-hetero) is 1. The number of carbonyl (C=O) groups excluding carboxylic acids is 2. The quantitative estimate of drug-likeness (QED) is 0.806. The van der Waals surface area contributed by atoms with Crippen molar-refractivity contribution >= 4 is 11.7 Å². The summed E-state index contributed by atoms with van der Waals surface area (Å²) in [5.74, 6) is 0.714. The first-order chi connectivity index (χ1) is 8.67. The number of hydrogen-bond acceptors (Lipinski definition) is 2. The van der Waals surface area contributed by atoms with E-state index in [0.29, 0.717) is 17.9 Å². The minimum Gasteiger partial charge on any atom is -0.345 e. The summed E-state index contributed by atoms with van der Waals surface area (Å²) in [6.07, 6.45) is 2.68. The van der Waals surface area contributed by atoms with Gasteiger partial charge >= 0.3 is 0 Å². The second-order valence-corrected chi connectivity index (χ2v) is 5.43. The number of fused-ring (bicyclic) bond motifs is 1. The molecule has 0 spiro atoms. The molecule has 1 unspecified atom stereocenters. The Hall–Kier alpha value is -1.64. The molecule has 94 valence electrons. The number of rotatable bonds is 5. The molecule has 0 bridgehead atoms. The van der Waals surface area contributed by atoms with Gasteiger partial charge in [0, 0.05) is 5.56 Å². The highest BCUT2D eigenvalue weighted by Gasteiger charge is 2.74. The highest BCUT2D eigenvalue weighted by Crippen LogP contribution is 2.75. The Balaban J connectivity index is 1.68. The molecule has 1 N–H and O–H groups in total. The molecule has 0 aliphatic heterocycles. The molecule has 3 heteroatoms. The average Bonchev–Trinajstić information content (AvgIpc) is 3.25. The molecule has 2 fully saturated rings. The molecule has 2 saturated carbocycles. The first kappa shape index (κ1) is 11.5. The number of amides is 1. The maximum atomic E-state index is 12.3. The van der Waals surface area contributed by atoms with Crippen LogP contribution in [-0.4, -0.2) is 17.7 Å². The molecule has 0 radical (unpaired) electrons. The lowest BCUT2D eigenvalue weighted by molar-refractivity contribution is -0.124. The zero-order chi connectivity index (χ0) is 12.8. The molecule has 3 rings (SSSR count). The van der Waals surface area contributed by atoms with E-state index in [1.54, 1.807) is 12.1 Å². The molecule has 1 aromatic rings. The summed E-state index contributed by atoms with van der Waals surface area (Å²) in [5, 5.41) is 2.92. The highest BCUT2D eigenvalue weighted by molar-refractivity contribution is 6.03. The van der Waals surface area contributed by atoms with Gasteiger partial charge in [-0.3, -0.25) is 9.59 Å². The molecule has 0 aromatic heterocycles. The smallest absolute Gasteiger partial charge is 0.227 e. The Kier molecular flexibility index (Phi) is 2.51. The van der Waals surface area contributed by atoms with Gasteiger partial charge in [0.15, 0.2) is 5.78 Å². The van der Waals surface area contributed by atoms with Crippen molar-refractivity contribution in [1.29, 1.82) is 0 Å². The maximum absolute atomic E-state index is 12.3. The third kappa shape index (κ3) is 1.74. The SMILES string of the molecule is CCC(NC(=O)C12CC1C2)C(=O)c1ccccc1. The van der Waals surface area contributed by atoms with Gasteiger partial charge in [0.1, 0.15) is 0 Å². The van der Waals surface area contributed by atoms with Gasteiger partial charge in [0.2, 0.25) is 5.91 Å². The van der Waals surface area contributed by atoms with Crippen LogP contribution in [0.3, 0.4) is 0 Å². The highest BCUT2D eigenvalue weighted by atomic mass is 16.2. The molecule has 1 amide bonds. The van der Waals surface area contributed by atoms with Crippen molar-refractivity contribution in [3.8, 4) is 0 Å². The van der Waals surface area contributed by atoms with Crippen LogP contribution in [0, 0.1) is 11.3 Å². The second-order valence-electron chi connectivity index (χ2n) is 5.43. The fraction of sp³-hybridized carbons (Fsp3) is 0.467. The van der Waals surface area contributed by atoms with E-state index in [2.05, 4.69) is 5.32 Å². The molecule has 18 heavy (non-hydrogen) atoms. The van der Waals surface area contributed by atoms with Crippen LogP contribution < -0.4 is 5.32 Å². The van der Waals surface area contributed by atoms with Gasteiger partial charge in [0.25, 0.3) is 0 Å². The standard InChI is InChI=1S/C15H17NO2/c1-2-12(13(17)10-6-4-3-5-7-10)16-14(18)15-8-11(15)9-15/h3-7,11-12H,2,8-9H2,1H3,(H,16,18). The summed E-state index contributed by atoms with van der Waals surface area (Å²) in [6.45, 7) is 1.93. The third-order valence-corrected chi connectivity index (χ3v) is 4.22. The van der Waals surface area contributed by atoms with E-state index in [9.17, 15) is 9.59 Å². The van der Waals surface area contributed by atoms with Gasteiger partial charge in [0.05, 0.1) is 11.5 Å². The Labute approximate surface area is 107 Å². The molecular weight excluding hydrogens is 226 g/mol. The maximum Gasteiger partial charge on any atom is 0.227 e. The van der Waals surface area contributed by atoms with E-state index in [1.807, 2.05) is 25.1 Å². The summed E-state index contributed by atoms with van der Waals surface area (Å²) in [4.78, 5) is 24.3. The summed E-state index contributed by atoms with van der Waals surface area (Å²) in [5.41, 5.74) is 0.606. The van der Waals surface area contributed by atoms with Crippen molar-refractivity contribution in [2.75, 3.05) is 0 Å². The molecule has 0 heterocycles. The van der Waals surface area contributed by atoms with Crippen molar-refractivity contribution in [2.45, 2.75) is 32.2 Å². The molecule has 2 aliphatic rings. The number of benzene rings is 1. The van der Waals surface area contributed by atoms with Crippen LogP contribution in [0.1, 0.15) is 36.5 Å². The largest absolute Gasteiger partial charge is 0.345 e. The van der Waals surface area contributed by atoms with E-state index in [0.717, 1.165) is 12.8 Å². The van der Waals surface area contributed by atoms with Crippen LogP contribution in [0.5, 0.6) is 0 Å². The van der Waals surface area contributed by atoms with E-state index in [4.69, 9.17) is 0 Å². The molecule has 1 aromatic carbocycles. The molecule has 0 saturated heterocycles. The van der Waals surface area contributed by atoms with Crippen LogP contribution in [0.15, 0.2) is 30.3 Å². The van der Waals surface area contributed by atoms with Gasteiger partial charge in [-0.15, -0.1) is 0 Å². The number of nitrogens with one attached hydrogen (secondary N) is 1. The second kappa shape index (κ2) is 3.94. The fourth-order valence-electron chi connectivity index (χ4n) is 2.53. The van der Waals surface area contributed by atoms with Gasteiger partial charge in [-0.05, 0) is 25.2 Å². The number of hydrogen-bond donors (Lipinski definition) is 1. The molecule has 1 atom stereocenters. The summed E-state index contributed by atoms with van der Waals surface area (Å²) in [6, 6.07) is 8.79. The minimum atomic E-state index is -0.379. The number of ketones is 1. The minimum absolute atomic E-state index is 0.0145. The van der Waals surface area contributed by atoms with Crippen molar-refractivity contribution in [3.63, 3.8) is 0 Å². The van der Waals surface area contributed by atoms with Gasteiger partial charge in [-0.25, -0.2) is 0 Å². The monoisotopic (exact) mass is 243 g/mol. The summed E-state index contributed by atoms with van der Waals surface area (Å²) in [7, 11) is 0. The lowest BCUT2D eigenvalue weighted by atomic mass is 10.0. The predicted octanol–water partition coefficient (Wildman–Crippen LogP) is 2.17. The van der Waals surface area contributed by atoms with Crippen molar-refractivity contribution in [1.82, 2.24) is 5.32 Å². The van der Waals surface area contributed by atoms with Gasteiger partial charge in [-0.1, -0.05) is 37.3 Å². The third-order valence-electron chi connectivity index (χ3n) is 4.22. The number of carbonyl (C=O) groups is 2. The summed E-state index contributed by atoms with van der Waals surface area (Å²) >= 11 is 0. The summed E-state index contributed by atoms with van der Waals surface area (Å²) < 4.78 is 0. The van der Waals surface area contributed by atoms with Crippen LogP contribution in [0.4, 0.5) is 0 Å². The first-order valence-electron chi connectivity index (χ1n) is 6.57. The average molecular weight is 243 g/mol. The lowest BCUT2D eigenvalue weighted by Gasteiger charge is -2.17. The zero-order valence-electron chi connectivity index (χ0n) is 10.5. The van der Waals surface area contributed by atoms with Crippen LogP contribution in [0.25, 0.3) is 0 Å². The van der Waals surface area contributed by atoms with Crippen LogP contribution in [-0.2, 0) is 4.79 Å². The van der Waals surface area contributed by atoms with Gasteiger partial charge < -0.3 is 5.32 Å². The van der Waals surface area contributed by atoms with Crippen LogP contribution >= 0.6 is 0 Å². The van der Waals surface area contributed by atoms with Crippen molar-refractivity contribution in [3.05, 3.63) is 35.9 Å². The Bertz CT molecular complexity index is 488. The molecule has 3 nitrogen and oxygen atoms in total. The van der Waals surface area contributed by atoms with Crippen LogP contribution in [0.2, 0.25) is 0 Å².